The second kappa shape index (κ2) is 5.41. The molecule has 0 aliphatic rings. The molecule has 1 aromatic carbocycles. The highest BCUT2D eigenvalue weighted by Crippen LogP contribution is 2.16. The van der Waals surface area contributed by atoms with Crippen molar-refractivity contribution >= 4 is 15.9 Å². The van der Waals surface area contributed by atoms with Crippen LogP contribution in [0.2, 0.25) is 0 Å². The standard InChI is InChI=1S/C10H12BrF2N/c1-7(14-6-10(12)13)8-2-4-9(11)5-3-8/h2-5,7,10,14H,6H2,1H3. The number of rotatable bonds is 4. The second-order valence-corrected chi connectivity index (χ2v) is 3.99. The lowest BCUT2D eigenvalue weighted by molar-refractivity contribution is 0.142. The van der Waals surface area contributed by atoms with Gasteiger partial charge in [0.2, 0.25) is 0 Å². The predicted octanol–water partition coefficient (Wildman–Crippen LogP) is 3.36. The summed E-state index contributed by atoms with van der Waals surface area (Å²) >= 11 is 3.32. The molecular formula is C10H12BrF2N. The number of alkyl halides is 2. The van der Waals surface area contributed by atoms with Crippen LogP contribution < -0.4 is 5.32 Å². The quantitative estimate of drug-likeness (QED) is 0.879. The van der Waals surface area contributed by atoms with Crippen LogP contribution in [0.1, 0.15) is 18.5 Å². The Labute approximate surface area is 90.6 Å². The maximum absolute atomic E-state index is 11.9. The van der Waals surface area contributed by atoms with Gasteiger partial charge in [0, 0.05) is 10.5 Å². The van der Waals surface area contributed by atoms with Gasteiger partial charge in [-0.2, -0.15) is 0 Å². The average Bonchev–Trinajstić information content (AvgIpc) is 2.15. The minimum absolute atomic E-state index is 0.0444. The summed E-state index contributed by atoms with van der Waals surface area (Å²) in [6.45, 7) is 1.60. The molecule has 14 heavy (non-hydrogen) atoms. The Morgan fingerprint density at radius 2 is 1.86 bits per heavy atom. The first-order valence-electron chi connectivity index (χ1n) is 4.36. The first kappa shape index (κ1) is 11.6. The molecule has 0 saturated carbocycles. The average molecular weight is 264 g/mol. The fourth-order valence-electron chi connectivity index (χ4n) is 1.14. The molecule has 0 aliphatic carbocycles. The van der Waals surface area contributed by atoms with Crippen LogP contribution in [0.15, 0.2) is 28.7 Å². The van der Waals surface area contributed by atoms with Crippen molar-refractivity contribution in [3.63, 3.8) is 0 Å². The van der Waals surface area contributed by atoms with Crippen molar-refractivity contribution in [2.45, 2.75) is 19.4 Å². The Balaban J connectivity index is 2.52. The minimum Gasteiger partial charge on any atom is -0.305 e. The molecule has 0 radical (unpaired) electrons. The van der Waals surface area contributed by atoms with Gasteiger partial charge in [-0.1, -0.05) is 28.1 Å². The zero-order chi connectivity index (χ0) is 10.6. The summed E-state index contributed by atoms with van der Waals surface area (Å²) in [4.78, 5) is 0. The van der Waals surface area contributed by atoms with E-state index in [9.17, 15) is 8.78 Å². The predicted molar refractivity (Wildman–Crippen MR) is 56.6 cm³/mol. The molecule has 1 rings (SSSR count). The van der Waals surface area contributed by atoms with E-state index in [1.54, 1.807) is 0 Å². The van der Waals surface area contributed by atoms with E-state index < -0.39 is 6.43 Å². The monoisotopic (exact) mass is 263 g/mol. The lowest BCUT2D eigenvalue weighted by atomic mass is 10.1. The van der Waals surface area contributed by atoms with Crippen LogP contribution in [0.25, 0.3) is 0 Å². The van der Waals surface area contributed by atoms with Gasteiger partial charge in [0.15, 0.2) is 0 Å². The summed E-state index contributed by atoms with van der Waals surface area (Å²) in [6, 6.07) is 7.57. The molecule has 1 N–H and O–H groups in total. The van der Waals surface area contributed by atoms with Crippen LogP contribution in [-0.2, 0) is 0 Å². The van der Waals surface area contributed by atoms with Crippen LogP contribution in [-0.4, -0.2) is 13.0 Å². The van der Waals surface area contributed by atoms with E-state index in [0.717, 1.165) is 10.0 Å². The summed E-state index contributed by atoms with van der Waals surface area (Å²) in [5, 5.41) is 2.75. The minimum atomic E-state index is -2.30. The van der Waals surface area contributed by atoms with Gasteiger partial charge < -0.3 is 5.32 Å². The van der Waals surface area contributed by atoms with Crippen LogP contribution in [0.3, 0.4) is 0 Å². The molecule has 1 aromatic rings. The molecule has 4 heteroatoms. The Morgan fingerprint density at radius 1 is 1.29 bits per heavy atom. The maximum atomic E-state index is 11.9. The molecule has 0 amide bonds. The van der Waals surface area contributed by atoms with Crippen LogP contribution in [0, 0.1) is 0 Å². The molecule has 1 unspecified atom stereocenters. The summed E-state index contributed by atoms with van der Waals surface area (Å²) in [6.07, 6.45) is -2.30. The SMILES string of the molecule is CC(NCC(F)F)c1ccc(Br)cc1. The van der Waals surface area contributed by atoms with Crippen molar-refractivity contribution in [2.24, 2.45) is 0 Å². The Kier molecular flexibility index (Phi) is 4.48. The molecule has 78 valence electrons. The van der Waals surface area contributed by atoms with Gasteiger partial charge in [0.05, 0.1) is 6.54 Å². The maximum Gasteiger partial charge on any atom is 0.250 e. The molecule has 1 nitrogen and oxygen atoms in total. The molecule has 0 aromatic heterocycles. The van der Waals surface area contributed by atoms with Gasteiger partial charge in [-0.05, 0) is 24.6 Å². The van der Waals surface area contributed by atoms with Crippen molar-refractivity contribution < 1.29 is 8.78 Å². The summed E-state index contributed by atoms with van der Waals surface area (Å²) in [7, 11) is 0. The number of benzene rings is 1. The van der Waals surface area contributed by atoms with Gasteiger partial charge >= 0.3 is 0 Å². The molecule has 0 bridgehead atoms. The van der Waals surface area contributed by atoms with Gasteiger partial charge in [-0.3, -0.25) is 0 Å². The van der Waals surface area contributed by atoms with Crippen molar-refractivity contribution in [2.75, 3.05) is 6.54 Å². The third-order valence-corrected chi connectivity index (χ3v) is 2.48. The van der Waals surface area contributed by atoms with Gasteiger partial charge in [-0.15, -0.1) is 0 Å². The third kappa shape index (κ3) is 3.72. The largest absolute Gasteiger partial charge is 0.305 e. The fraction of sp³-hybridized carbons (Fsp3) is 0.400. The summed E-state index contributed by atoms with van der Waals surface area (Å²) < 4.78 is 24.8. The highest BCUT2D eigenvalue weighted by atomic mass is 79.9. The Hall–Kier alpha value is -0.480. The third-order valence-electron chi connectivity index (χ3n) is 1.95. The molecular weight excluding hydrogens is 252 g/mol. The Morgan fingerprint density at radius 3 is 2.36 bits per heavy atom. The smallest absolute Gasteiger partial charge is 0.250 e. The van der Waals surface area contributed by atoms with Gasteiger partial charge in [0.1, 0.15) is 0 Å². The van der Waals surface area contributed by atoms with Crippen molar-refractivity contribution in [3.05, 3.63) is 34.3 Å². The molecule has 0 saturated heterocycles. The zero-order valence-electron chi connectivity index (χ0n) is 7.81. The van der Waals surface area contributed by atoms with E-state index in [1.165, 1.54) is 0 Å². The van der Waals surface area contributed by atoms with Crippen LogP contribution >= 0.6 is 15.9 Å². The van der Waals surface area contributed by atoms with Crippen molar-refractivity contribution in [1.29, 1.82) is 0 Å². The van der Waals surface area contributed by atoms with E-state index in [0.29, 0.717) is 0 Å². The second-order valence-electron chi connectivity index (χ2n) is 3.07. The normalized spacial score (nSPS) is 13.2. The highest BCUT2D eigenvalue weighted by Gasteiger charge is 2.07. The van der Waals surface area contributed by atoms with E-state index in [2.05, 4.69) is 21.2 Å². The van der Waals surface area contributed by atoms with E-state index in [1.807, 2.05) is 31.2 Å². The van der Waals surface area contributed by atoms with E-state index in [-0.39, 0.29) is 12.6 Å². The van der Waals surface area contributed by atoms with Crippen LogP contribution in [0.5, 0.6) is 0 Å². The van der Waals surface area contributed by atoms with Gasteiger partial charge in [-0.25, -0.2) is 8.78 Å². The summed E-state index contributed by atoms with van der Waals surface area (Å²) in [5.74, 6) is 0. The molecule has 0 heterocycles. The first-order valence-corrected chi connectivity index (χ1v) is 5.16. The number of hydrogen-bond donors (Lipinski definition) is 1. The first-order chi connectivity index (χ1) is 6.59. The zero-order valence-corrected chi connectivity index (χ0v) is 9.39. The summed E-state index contributed by atoms with van der Waals surface area (Å²) in [5.41, 5.74) is 1.01. The highest BCUT2D eigenvalue weighted by molar-refractivity contribution is 9.10. The number of hydrogen-bond acceptors (Lipinski definition) is 1. The lowest BCUT2D eigenvalue weighted by Crippen LogP contribution is -2.24. The molecule has 0 fully saturated rings. The van der Waals surface area contributed by atoms with E-state index >= 15 is 0 Å². The van der Waals surface area contributed by atoms with Crippen molar-refractivity contribution in [1.82, 2.24) is 5.32 Å². The molecule has 0 spiro atoms. The Bertz CT molecular complexity index is 274. The van der Waals surface area contributed by atoms with Gasteiger partial charge in [0.25, 0.3) is 6.43 Å². The van der Waals surface area contributed by atoms with E-state index in [4.69, 9.17) is 0 Å². The topological polar surface area (TPSA) is 12.0 Å². The lowest BCUT2D eigenvalue weighted by Gasteiger charge is -2.13. The number of halogens is 3. The fourth-order valence-corrected chi connectivity index (χ4v) is 1.40. The molecule has 0 aliphatic heterocycles. The van der Waals surface area contributed by atoms with Crippen LogP contribution in [0.4, 0.5) is 8.78 Å². The molecule has 1 atom stereocenters. The van der Waals surface area contributed by atoms with Crippen molar-refractivity contribution in [3.8, 4) is 0 Å². The number of nitrogens with one attached hydrogen (secondary N) is 1.